The molecule has 9 aromatic heterocycles. The minimum Gasteiger partial charge on any atom is -0.438 e. The molecule has 0 amide bonds. The average Bonchev–Trinajstić information content (AvgIpc) is 1.61. The van der Waals surface area contributed by atoms with Gasteiger partial charge >= 0.3 is 0 Å². The molecule has 682 valence electrons. The lowest BCUT2D eigenvalue weighted by molar-refractivity contribution is -0.385. The van der Waals surface area contributed by atoms with E-state index in [1.165, 1.54) is 24.3 Å². The standard InChI is InChI=1S/C28H36N8O4Si.C28H38N8O2Si.C18H21ClN4O4Si.C10H16N4.C3H3ClO.ClH/c1-33-12-14-34(15-13-33)25-9-8-21(19-29-25)30-28-31-26-24(10-11-35(26)20-39-16-17-41(2,3)4)27(32-28)40-23-7-5-6-22(18-23)36(37)38;1-34-12-14-35(15-13-34)25-9-8-22(19-30-25)31-28-32-26-24(10-11-36(26)20-37-16-17-39(2,3)4)27(33-28)38-23-7-5-6-21(29)18-23;1-28(2,3)10-9-26-12-22-8-7-15-16(22)20-18(19)21-17(15)27-14-6-4-5-13(11-14)23(24)25;1-13-4-6-14(7-5-13)10-3-2-9(11)8-12-10;1-2-3(4)5;/h5-11,18-19H,12-17,20H2,1-4H3,(H,30,31,32);5-11,18-19H,12-17,20,29H2,1-4H3,(H,31,32,33);4-8,11H,9-10,12H2,1-3H3;2-3,8H,4-7,11H2,1H3;2H,1H2;1H. The Hall–Kier alpha value is -11.5. The number of rotatable bonds is 31. The molecule has 35 nitrogen and oxygen atoms in total. The zero-order chi connectivity index (χ0) is 91.0. The van der Waals surface area contributed by atoms with Gasteiger partial charge in [-0.1, -0.05) is 83.7 Å². The maximum atomic E-state index is 11.3. The van der Waals surface area contributed by atoms with E-state index in [9.17, 15) is 25.0 Å². The molecule has 12 aromatic rings. The molecule has 0 unspecified atom stereocenters. The molecule has 3 fully saturated rings. The third-order valence-electron chi connectivity index (χ3n) is 20.4. The molecule has 3 saturated heterocycles. The predicted octanol–water partition coefficient (Wildman–Crippen LogP) is 17.2. The first kappa shape index (κ1) is 98.6. The van der Waals surface area contributed by atoms with Crippen molar-refractivity contribution in [3.63, 3.8) is 0 Å². The van der Waals surface area contributed by atoms with E-state index in [0.29, 0.717) is 96.2 Å². The van der Waals surface area contributed by atoms with Gasteiger partial charge in [0.2, 0.25) is 40.1 Å². The Labute approximate surface area is 764 Å². The quantitative estimate of drug-likeness (QED) is 0.00458. The minimum atomic E-state index is -1.22. The number of hydrogen-bond donors (Lipinski definition) is 4. The summed E-state index contributed by atoms with van der Waals surface area (Å²) in [6.07, 6.45) is 12.0. The number of allylic oxidation sites excluding steroid dienone is 1. The lowest BCUT2D eigenvalue weighted by Crippen LogP contribution is -2.44. The van der Waals surface area contributed by atoms with Crippen LogP contribution in [0.5, 0.6) is 34.9 Å². The Morgan fingerprint density at radius 3 is 1.12 bits per heavy atom. The van der Waals surface area contributed by atoms with Crippen molar-refractivity contribution < 1.29 is 43.1 Å². The summed E-state index contributed by atoms with van der Waals surface area (Å²) in [4.78, 5) is 85.5. The number of nitrogen functional groups attached to an aromatic ring is 2. The molecule has 128 heavy (non-hydrogen) atoms. The Bertz CT molecular complexity index is 5630. The number of pyridine rings is 3. The highest BCUT2D eigenvalue weighted by Crippen LogP contribution is 2.36. The van der Waals surface area contributed by atoms with E-state index in [0.717, 1.165) is 155 Å². The molecule has 6 N–H and O–H groups in total. The fraction of sp³-hybridized carbons (Fsp3) is 0.379. The molecular weight excluding hydrogens is 1750 g/mol. The summed E-state index contributed by atoms with van der Waals surface area (Å²) in [5.74, 6) is 5.83. The van der Waals surface area contributed by atoms with Crippen LogP contribution in [0.25, 0.3) is 33.1 Å². The Kier molecular flexibility index (Phi) is 35.8. The van der Waals surface area contributed by atoms with Crippen molar-refractivity contribution in [3.8, 4) is 34.9 Å². The Morgan fingerprint density at radius 2 is 0.797 bits per heavy atom. The summed E-state index contributed by atoms with van der Waals surface area (Å²) in [7, 11) is 2.88. The molecule has 0 atom stereocenters. The largest absolute Gasteiger partial charge is 0.438 e. The van der Waals surface area contributed by atoms with E-state index in [4.69, 9.17) is 78.0 Å². The number of nitrogens with two attached hydrogens (primary N) is 2. The SMILES string of the molecule is C=CC(=O)Cl.CN1CCN(c2ccc(N)cn2)CC1.CN1CCN(c2ccc(Nc3nc(Oc4cccc(N)c4)c4ccn(COCC[Si](C)(C)C)c4n3)cn2)CC1.CN1CCN(c2ccc(Nc3nc(Oc4cccc([N+](=O)[O-])c4)c4ccn(COCC[Si](C)(C)C)c4n3)cn2)CC1.C[Si](C)(C)CCOCn1ccc2c(Oc3cccc([N+](=O)[O-])c3)nc(Cl)nc21.Cl. The lowest BCUT2D eigenvalue weighted by atomic mass is 10.3. The fourth-order valence-corrected chi connectivity index (χ4v) is 15.3. The highest BCUT2D eigenvalue weighted by Gasteiger charge is 2.25. The number of non-ortho nitro benzene ring substituents is 2. The highest BCUT2D eigenvalue weighted by molar-refractivity contribution is 6.76. The van der Waals surface area contributed by atoms with Crippen molar-refractivity contribution in [1.29, 1.82) is 0 Å². The summed E-state index contributed by atoms with van der Waals surface area (Å²) in [5, 5.41) is 30.4. The van der Waals surface area contributed by atoms with Gasteiger partial charge in [-0.05, 0) is 147 Å². The van der Waals surface area contributed by atoms with Gasteiger partial charge in [-0.2, -0.15) is 29.9 Å². The number of likely N-dealkylation sites (N-methyl/N-ethyl adjacent to an activating group) is 3. The topological polar surface area (TPSA) is 385 Å². The summed E-state index contributed by atoms with van der Waals surface area (Å²) >= 11 is 10.8. The van der Waals surface area contributed by atoms with Gasteiger partial charge in [0.25, 0.3) is 11.4 Å². The smallest absolute Gasteiger partial charge is 0.273 e. The number of anilines is 9. The number of nitro groups is 2. The van der Waals surface area contributed by atoms with Crippen LogP contribution < -0.4 is 51.0 Å². The monoisotopic (exact) mass is 1860 g/mol. The third kappa shape index (κ3) is 30.6. The van der Waals surface area contributed by atoms with Crippen LogP contribution in [0.4, 0.5) is 63.5 Å². The number of benzene rings is 3. The predicted molar refractivity (Wildman–Crippen MR) is 518 cm³/mol. The summed E-state index contributed by atoms with van der Waals surface area (Å²) in [5.41, 5.74) is 16.2. The van der Waals surface area contributed by atoms with Gasteiger partial charge in [0.15, 0.2) is 16.9 Å². The first-order valence-corrected chi connectivity index (χ1v) is 53.7. The zero-order valence-corrected chi connectivity index (χ0v) is 79.8. The van der Waals surface area contributed by atoms with Gasteiger partial charge in [-0.15, -0.1) is 12.4 Å². The van der Waals surface area contributed by atoms with Crippen LogP contribution in [0.3, 0.4) is 0 Å². The van der Waals surface area contributed by atoms with Gasteiger partial charge in [0, 0.05) is 165 Å². The molecule has 3 aliphatic rings. The van der Waals surface area contributed by atoms with Crippen molar-refractivity contribution in [1.82, 2.24) is 73.3 Å². The molecule has 12 heterocycles. The van der Waals surface area contributed by atoms with Gasteiger partial charge in [-0.25, -0.2) is 15.0 Å². The maximum absolute atomic E-state index is 11.3. The van der Waals surface area contributed by atoms with Gasteiger partial charge in [-0.3, -0.25) is 25.0 Å². The molecule has 3 aliphatic heterocycles. The van der Waals surface area contributed by atoms with Crippen molar-refractivity contribution >= 4 is 162 Å². The summed E-state index contributed by atoms with van der Waals surface area (Å²) in [6, 6.07) is 40.0. The maximum Gasteiger partial charge on any atom is 0.273 e. The fourth-order valence-electron chi connectivity index (χ4n) is 12.8. The molecule has 15 rings (SSSR count). The van der Waals surface area contributed by atoms with E-state index in [-0.39, 0.29) is 40.8 Å². The molecular formula is C87H115Cl3N24O11Si3. The number of nitro benzene ring substituents is 2. The van der Waals surface area contributed by atoms with Crippen LogP contribution in [0, 0.1) is 20.2 Å². The number of ether oxygens (including phenoxy) is 6. The van der Waals surface area contributed by atoms with Crippen LogP contribution in [0.2, 0.25) is 82.3 Å². The second-order valence-electron chi connectivity index (χ2n) is 34.4. The Morgan fingerprint density at radius 1 is 0.461 bits per heavy atom. The minimum absolute atomic E-state index is 0. The van der Waals surface area contributed by atoms with Crippen LogP contribution in [-0.2, 0) is 39.2 Å². The van der Waals surface area contributed by atoms with Crippen LogP contribution in [0.1, 0.15) is 0 Å². The van der Waals surface area contributed by atoms with Gasteiger partial charge in [0.05, 0.1) is 73.8 Å². The van der Waals surface area contributed by atoms with E-state index in [1.54, 1.807) is 48.8 Å². The lowest BCUT2D eigenvalue weighted by Gasteiger charge is -2.33. The first-order chi connectivity index (χ1) is 60.6. The molecule has 0 spiro atoms. The summed E-state index contributed by atoms with van der Waals surface area (Å²) in [6.45, 7) is 39.3. The normalized spacial score (nSPS) is 13.9. The highest BCUT2D eigenvalue weighted by atomic mass is 35.5. The number of fused-ring (bicyclic) bond motifs is 3. The number of piperazine rings is 3. The number of nitrogens with zero attached hydrogens (tertiary/aromatic N) is 20. The van der Waals surface area contributed by atoms with Crippen LogP contribution in [-0.4, -0.2) is 232 Å². The molecule has 0 aliphatic carbocycles. The number of halogens is 3. The number of carbonyl (C=O) groups excluding carboxylic acids is 1. The van der Waals surface area contributed by atoms with E-state index in [1.807, 2.05) is 105 Å². The summed E-state index contributed by atoms with van der Waals surface area (Å²) < 4.78 is 41.5. The number of carbonyl (C=O) groups is 1. The van der Waals surface area contributed by atoms with Crippen molar-refractivity contribution in [2.45, 2.75) is 97.2 Å². The molecule has 41 heteroatoms. The van der Waals surface area contributed by atoms with Crippen molar-refractivity contribution in [2.75, 3.05) is 156 Å². The number of hydrogen-bond acceptors (Lipinski definition) is 30. The van der Waals surface area contributed by atoms with E-state index >= 15 is 0 Å². The molecule has 0 radical (unpaired) electrons. The van der Waals surface area contributed by atoms with E-state index in [2.05, 4.69) is 157 Å². The average molecular weight is 1860 g/mol. The van der Waals surface area contributed by atoms with Gasteiger partial charge in [0.1, 0.15) is 54.9 Å². The molecule has 3 aromatic carbocycles. The van der Waals surface area contributed by atoms with Crippen LogP contribution in [0.15, 0.2) is 177 Å². The van der Waals surface area contributed by atoms with Gasteiger partial charge < -0.3 is 93.6 Å². The first-order valence-electron chi connectivity index (χ1n) is 41.8. The van der Waals surface area contributed by atoms with Crippen molar-refractivity contribution in [3.05, 3.63) is 203 Å². The molecule has 0 saturated carbocycles. The molecule has 0 bridgehead atoms. The zero-order valence-electron chi connectivity index (χ0n) is 74.5. The third-order valence-corrected chi connectivity index (χ3v) is 25.8. The van der Waals surface area contributed by atoms with Crippen molar-refractivity contribution in [2.24, 2.45) is 0 Å². The number of nitrogens with one attached hydrogen (secondary N) is 2. The second-order valence-corrected chi connectivity index (χ2v) is 52.0. The van der Waals surface area contributed by atoms with Crippen LogP contribution >= 0.6 is 35.6 Å². The second kappa shape index (κ2) is 46.4. The Balaban J connectivity index is 0.000000182. The van der Waals surface area contributed by atoms with E-state index < -0.39 is 39.3 Å². The number of aromatic nitrogens is 12.